The standard InChI is InChI=1S/C23H24ClNO3S/c1-3-5-14-25-22(26)20(16-6-10-18(11-7-16)28-15-4-2)21(23(25)27)29-19-12-8-17(24)9-13-19/h6-13H,3-5,14-15H2,1-2H3. The Hall–Kier alpha value is -2.24. The van der Waals surface area contributed by atoms with Crippen LogP contribution >= 0.6 is 23.4 Å². The highest BCUT2D eigenvalue weighted by molar-refractivity contribution is 8.04. The van der Waals surface area contributed by atoms with Gasteiger partial charge in [0.1, 0.15) is 5.75 Å². The molecule has 0 fully saturated rings. The van der Waals surface area contributed by atoms with Gasteiger partial charge >= 0.3 is 0 Å². The molecule has 0 aliphatic carbocycles. The number of nitrogens with zero attached hydrogens (tertiary/aromatic N) is 1. The van der Waals surface area contributed by atoms with Crippen molar-refractivity contribution in [3.05, 3.63) is 64.0 Å². The molecule has 0 aromatic heterocycles. The van der Waals surface area contributed by atoms with E-state index < -0.39 is 0 Å². The van der Waals surface area contributed by atoms with E-state index in [2.05, 4.69) is 0 Å². The fourth-order valence-electron chi connectivity index (χ4n) is 2.98. The van der Waals surface area contributed by atoms with Crippen LogP contribution in [0.25, 0.3) is 5.57 Å². The van der Waals surface area contributed by atoms with Crippen LogP contribution in [0.2, 0.25) is 5.02 Å². The molecular weight excluding hydrogens is 406 g/mol. The number of halogens is 1. The zero-order chi connectivity index (χ0) is 20.8. The van der Waals surface area contributed by atoms with E-state index in [0.717, 1.165) is 35.5 Å². The summed E-state index contributed by atoms with van der Waals surface area (Å²) >= 11 is 7.28. The Bertz CT molecular complexity index is 907. The van der Waals surface area contributed by atoms with E-state index in [4.69, 9.17) is 16.3 Å². The van der Waals surface area contributed by atoms with E-state index >= 15 is 0 Å². The maximum Gasteiger partial charge on any atom is 0.268 e. The summed E-state index contributed by atoms with van der Waals surface area (Å²) in [4.78, 5) is 28.9. The summed E-state index contributed by atoms with van der Waals surface area (Å²) < 4.78 is 5.63. The van der Waals surface area contributed by atoms with Crippen molar-refractivity contribution in [2.75, 3.05) is 13.2 Å². The number of carbonyl (C=O) groups excluding carboxylic acids is 2. The summed E-state index contributed by atoms with van der Waals surface area (Å²) in [5, 5.41) is 0.629. The number of carbonyl (C=O) groups is 2. The van der Waals surface area contributed by atoms with E-state index in [-0.39, 0.29) is 11.8 Å². The average molecular weight is 430 g/mol. The minimum absolute atomic E-state index is 0.232. The molecular formula is C23H24ClNO3S. The molecule has 0 bridgehead atoms. The molecule has 4 nitrogen and oxygen atoms in total. The maximum atomic E-state index is 13.1. The highest BCUT2D eigenvalue weighted by Crippen LogP contribution is 2.40. The van der Waals surface area contributed by atoms with Crippen LogP contribution in [0.4, 0.5) is 0 Å². The first-order chi connectivity index (χ1) is 14.0. The molecule has 2 aromatic rings. The van der Waals surface area contributed by atoms with Crippen molar-refractivity contribution in [2.45, 2.75) is 38.0 Å². The van der Waals surface area contributed by atoms with Crippen molar-refractivity contribution in [1.29, 1.82) is 0 Å². The molecule has 1 heterocycles. The number of thioether (sulfide) groups is 1. The minimum Gasteiger partial charge on any atom is -0.494 e. The average Bonchev–Trinajstić information content (AvgIpc) is 2.96. The number of benzene rings is 2. The normalized spacial score (nSPS) is 14.1. The number of hydrogen-bond donors (Lipinski definition) is 0. The molecule has 29 heavy (non-hydrogen) atoms. The Labute approximate surface area is 180 Å². The second kappa shape index (κ2) is 9.99. The largest absolute Gasteiger partial charge is 0.494 e. The van der Waals surface area contributed by atoms with Crippen molar-refractivity contribution < 1.29 is 14.3 Å². The summed E-state index contributed by atoms with van der Waals surface area (Å²) in [7, 11) is 0. The van der Waals surface area contributed by atoms with Gasteiger partial charge in [-0.25, -0.2) is 0 Å². The van der Waals surface area contributed by atoms with Gasteiger partial charge < -0.3 is 4.74 Å². The predicted molar refractivity (Wildman–Crippen MR) is 118 cm³/mol. The van der Waals surface area contributed by atoms with Gasteiger partial charge in [-0.05, 0) is 54.8 Å². The lowest BCUT2D eigenvalue weighted by Crippen LogP contribution is -2.32. The van der Waals surface area contributed by atoms with Gasteiger partial charge in [0.25, 0.3) is 11.8 Å². The second-order valence-corrected chi connectivity index (χ2v) is 8.27. The number of unbranched alkanes of at least 4 members (excludes halogenated alkanes) is 1. The molecule has 0 radical (unpaired) electrons. The van der Waals surface area contributed by atoms with E-state index in [1.165, 1.54) is 16.7 Å². The Kier molecular flexibility index (Phi) is 7.40. The molecule has 2 amide bonds. The highest BCUT2D eigenvalue weighted by Gasteiger charge is 2.39. The van der Waals surface area contributed by atoms with Gasteiger partial charge in [0.15, 0.2) is 0 Å². The first-order valence-electron chi connectivity index (χ1n) is 9.82. The van der Waals surface area contributed by atoms with Crippen molar-refractivity contribution in [3.63, 3.8) is 0 Å². The summed E-state index contributed by atoms with van der Waals surface area (Å²) in [5.41, 5.74) is 1.18. The zero-order valence-electron chi connectivity index (χ0n) is 16.6. The summed E-state index contributed by atoms with van der Waals surface area (Å²) in [6, 6.07) is 14.6. The molecule has 3 rings (SSSR count). The molecule has 1 aliphatic rings. The van der Waals surface area contributed by atoms with Gasteiger partial charge in [0.2, 0.25) is 0 Å². The van der Waals surface area contributed by atoms with Crippen molar-refractivity contribution in [2.24, 2.45) is 0 Å². The minimum atomic E-state index is -0.234. The Morgan fingerprint density at radius 3 is 2.24 bits per heavy atom. The number of rotatable bonds is 9. The van der Waals surface area contributed by atoms with Gasteiger partial charge in [-0.15, -0.1) is 0 Å². The second-order valence-electron chi connectivity index (χ2n) is 6.75. The summed E-state index contributed by atoms with van der Waals surface area (Å²) in [5.74, 6) is 0.287. The van der Waals surface area contributed by atoms with Crippen LogP contribution in [0.1, 0.15) is 38.7 Å². The lowest BCUT2D eigenvalue weighted by molar-refractivity contribution is -0.136. The predicted octanol–water partition coefficient (Wildman–Crippen LogP) is 5.80. The quantitative estimate of drug-likeness (QED) is 0.472. The molecule has 1 aliphatic heterocycles. The zero-order valence-corrected chi connectivity index (χ0v) is 18.2. The van der Waals surface area contributed by atoms with Gasteiger partial charge in [-0.3, -0.25) is 14.5 Å². The Morgan fingerprint density at radius 2 is 1.62 bits per heavy atom. The van der Waals surface area contributed by atoms with Crippen LogP contribution in [0.15, 0.2) is 58.3 Å². The molecule has 152 valence electrons. The number of imide groups is 1. The molecule has 0 atom stereocenters. The van der Waals surface area contributed by atoms with Crippen LogP contribution in [0, 0.1) is 0 Å². The Balaban J connectivity index is 1.95. The molecule has 0 saturated carbocycles. The highest BCUT2D eigenvalue weighted by atomic mass is 35.5. The molecule has 0 N–H and O–H groups in total. The van der Waals surface area contributed by atoms with E-state index in [0.29, 0.717) is 28.7 Å². The molecule has 0 unspecified atom stereocenters. The molecule has 0 spiro atoms. The third kappa shape index (κ3) is 5.03. The number of ether oxygens (including phenoxy) is 1. The van der Waals surface area contributed by atoms with Crippen LogP contribution in [-0.4, -0.2) is 29.9 Å². The first-order valence-corrected chi connectivity index (χ1v) is 11.0. The van der Waals surface area contributed by atoms with Crippen LogP contribution in [0.3, 0.4) is 0 Å². The van der Waals surface area contributed by atoms with E-state index in [9.17, 15) is 9.59 Å². The van der Waals surface area contributed by atoms with Crippen molar-refractivity contribution >= 4 is 40.8 Å². The Morgan fingerprint density at radius 1 is 0.931 bits per heavy atom. The van der Waals surface area contributed by atoms with Gasteiger partial charge in [-0.1, -0.05) is 55.8 Å². The van der Waals surface area contributed by atoms with Crippen molar-refractivity contribution in [1.82, 2.24) is 4.90 Å². The molecule has 0 saturated heterocycles. The third-order valence-electron chi connectivity index (χ3n) is 4.51. The molecule has 6 heteroatoms. The number of amides is 2. The van der Waals surface area contributed by atoms with E-state index in [1.54, 1.807) is 12.1 Å². The summed E-state index contributed by atoms with van der Waals surface area (Å²) in [6.45, 7) is 5.16. The van der Waals surface area contributed by atoms with Gasteiger partial charge in [0, 0.05) is 16.5 Å². The first kappa shape index (κ1) is 21.5. The van der Waals surface area contributed by atoms with Crippen LogP contribution in [0.5, 0.6) is 5.75 Å². The fraction of sp³-hybridized carbons (Fsp3) is 0.304. The fourth-order valence-corrected chi connectivity index (χ4v) is 4.12. The van der Waals surface area contributed by atoms with Crippen LogP contribution < -0.4 is 4.74 Å². The smallest absolute Gasteiger partial charge is 0.268 e. The summed E-state index contributed by atoms with van der Waals surface area (Å²) in [6.07, 6.45) is 2.62. The van der Waals surface area contributed by atoms with Gasteiger partial charge in [0.05, 0.1) is 17.1 Å². The topological polar surface area (TPSA) is 46.6 Å². The monoisotopic (exact) mass is 429 g/mol. The SMILES string of the molecule is CCCCN1C(=O)C(Sc2ccc(Cl)cc2)=C(c2ccc(OCCC)cc2)C1=O. The van der Waals surface area contributed by atoms with Crippen molar-refractivity contribution in [3.8, 4) is 5.75 Å². The maximum absolute atomic E-state index is 13.1. The lowest BCUT2D eigenvalue weighted by Gasteiger charge is -2.14. The lowest BCUT2D eigenvalue weighted by atomic mass is 10.1. The molecule has 2 aromatic carbocycles. The van der Waals surface area contributed by atoms with Gasteiger partial charge in [-0.2, -0.15) is 0 Å². The number of hydrogen-bond acceptors (Lipinski definition) is 4. The third-order valence-corrected chi connectivity index (χ3v) is 5.85. The van der Waals surface area contributed by atoms with E-state index in [1.807, 2.05) is 50.2 Å². The van der Waals surface area contributed by atoms with Crippen LogP contribution in [-0.2, 0) is 9.59 Å².